The summed E-state index contributed by atoms with van der Waals surface area (Å²) in [4.78, 5) is 12.6. The zero-order valence-corrected chi connectivity index (χ0v) is 14.9. The predicted octanol–water partition coefficient (Wildman–Crippen LogP) is 4.90. The largest absolute Gasteiger partial charge is 0.507 e. The highest BCUT2D eigenvalue weighted by atomic mass is 16.5. The average Bonchev–Trinajstić information content (AvgIpc) is 2.55. The number of phenolic OH excluding ortho intramolecular Hbond substituents is 1. The molecule has 0 aliphatic carbocycles. The van der Waals surface area contributed by atoms with Crippen molar-refractivity contribution in [2.75, 3.05) is 12.4 Å². The molecule has 0 saturated carbocycles. The quantitative estimate of drug-likeness (QED) is 0.768. The molecule has 4 heteroatoms. The molecule has 0 fully saturated rings. The number of amides is 1. The van der Waals surface area contributed by atoms with Crippen LogP contribution >= 0.6 is 0 Å². The lowest BCUT2D eigenvalue weighted by Crippen LogP contribution is -2.14. The Hall–Kier alpha value is -2.49. The minimum absolute atomic E-state index is 0.158. The zero-order valence-electron chi connectivity index (χ0n) is 14.9. The molecule has 0 bridgehead atoms. The van der Waals surface area contributed by atoms with Crippen molar-refractivity contribution in [3.63, 3.8) is 0 Å². The molecule has 0 saturated heterocycles. The number of carbonyl (C=O) groups excluding carboxylic acids is 1. The number of methoxy groups -OCH3 is 1. The molecule has 24 heavy (non-hydrogen) atoms. The Morgan fingerprint density at radius 3 is 2.08 bits per heavy atom. The standard InChI is InChI=1S/C20H25NO3/c1-12(2)16-10-14(11-17(13(3)4)19(16)22)21-20(23)15-8-6-7-9-18(15)24-5/h6-13,22H,1-5H3,(H,21,23). The third kappa shape index (κ3) is 3.70. The van der Waals surface area contributed by atoms with Crippen LogP contribution in [0.2, 0.25) is 0 Å². The van der Waals surface area contributed by atoms with Crippen molar-refractivity contribution in [3.05, 3.63) is 53.1 Å². The minimum atomic E-state index is -0.234. The lowest BCUT2D eigenvalue weighted by atomic mass is 9.93. The first kappa shape index (κ1) is 17.9. The van der Waals surface area contributed by atoms with E-state index >= 15 is 0 Å². The number of carbonyl (C=O) groups is 1. The van der Waals surface area contributed by atoms with E-state index in [1.165, 1.54) is 0 Å². The molecule has 0 aliphatic heterocycles. The van der Waals surface area contributed by atoms with E-state index in [1.807, 2.05) is 45.9 Å². The van der Waals surface area contributed by atoms with Gasteiger partial charge in [0.1, 0.15) is 11.5 Å². The van der Waals surface area contributed by atoms with E-state index in [0.29, 0.717) is 22.7 Å². The molecule has 0 unspecified atom stereocenters. The van der Waals surface area contributed by atoms with Crippen molar-refractivity contribution >= 4 is 11.6 Å². The molecule has 0 aromatic heterocycles. The summed E-state index contributed by atoms with van der Waals surface area (Å²) in [6.07, 6.45) is 0. The number of benzene rings is 2. The normalized spacial score (nSPS) is 11.0. The summed E-state index contributed by atoms with van der Waals surface area (Å²) < 4.78 is 5.25. The van der Waals surface area contributed by atoms with Crippen LogP contribution in [-0.2, 0) is 0 Å². The van der Waals surface area contributed by atoms with E-state index in [0.717, 1.165) is 11.1 Å². The first-order chi connectivity index (χ1) is 11.3. The molecule has 2 aromatic rings. The zero-order chi connectivity index (χ0) is 17.9. The second kappa shape index (κ2) is 7.39. The second-order valence-corrected chi connectivity index (χ2v) is 6.47. The van der Waals surface area contributed by atoms with Crippen LogP contribution in [0.3, 0.4) is 0 Å². The van der Waals surface area contributed by atoms with E-state index in [2.05, 4.69) is 5.32 Å². The van der Waals surface area contributed by atoms with Crippen LogP contribution in [0.4, 0.5) is 5.69 Å². The molecule has 2 aromatic carbocycles. The summed E-state index contributed by atoms with van der Waals surface area (Å²) in [5.74, 6) is 0.927. The summed E-state index contributed by atoms with van der Waals surface area (Å²) in [6.45, 7) is 8.08. The molecule has 0 aliphatic rings. The summed E-state index contributed by atoms with van der Waals surface area (Å²) in [7, 11) is 1.54. The van der Waals surface area contributed by atoms with Gasteiger partial charge in [-0.3, -0.25) is 4.79 Å². The molecule has 128 valence electrons. The van der Waals surface area contributed by atoms with Crippen molar-refractivity contribution in [1.82, 2.24) is 0 Å². The second-order valence-electron chi connectivity index (χ2n) is 6.47. The lowest BCUT2D eigenvalue weighted by molar-refractivity contribution is 0.102. The molecule has 4 nitrogen and oxygen atoms in total. The molecule has 1 amide bonds. The number of ether oxygens (including phenoxy) is 1. The third-order valence-corrected chi connectivity index (χ3v) is 4.02. The van der Waals surface area contributed by atoms with Crippen molar-refractivity contribution in [2.24, 2.45) is 0 Å². The SMILES string of the molecule is COc1ccccc1C(=O)Nc1cc(C(C)C)c(O)c(C(C)C)c1. The fraction of sp³-hybridized carbons (Fsp3) is 0.350. The van der Waals surface area contributed by atoms with Gasteiger partial charge < -0.3 is 15.2 Å². The topological polar surface area (TPSA) is 58.6 Å². The van der Waals surface area contributed by atoms with Gasteiger partial charge in [-0.2, -0.15) is 0 Å². The van der Waals surface area contributed by atoms with Gasteiger partial charge in [-0.05, 0) is 47.2 Å². The number of rotatable bonds is 5. The Morgan fingerprint density at radius 2 is 1.58 bits per heavy atom. The first-order valence-corrected chi connectivity index (χ1v) is 8.16. The number of hydrogen-bond donors (Lipinski definition) is 2. The summed E-state index contributed by atoms with van der Waals surface area (Å²) in [5.41, 5.74) is 2.81. The monoisotopic (exact) mass is 327 g/mol. The maximum Gasteiger partial charge on any atom is 0.259 e. The molecule has 0 spiro atoms. The Labute approximate surface area is 143 Å². The van der Waals surface area contributed by atoms with Gasteiger partial charge >= 0.3 is 0 Å². The van der Waals surface area contributed by atoms with Crippen molar-refractivity contribution in [2.45, 2.75) is 39.5 Å². The molecule has 2 N–H and O–H groups in total. The van der Waals surface area contributed by atoms with Crippen molar-refractivity contribution < 1.29 is 14.6 Å². The van der Waals surface area contributed by atoms with Gasteiger partial charge in [0.25, 0.3) is 5.91 Å². The van der Waals surface area contributed by atoms with Crippen LogP contribution in [0.15, 0.2) is 36.4 Å². The molecule has 2 rings (SSSR count). The van der Waals surface area contributed by atoms with E-state index in [1.54, 1.807) is 25.3 Å². The predicted molar refractivity (Wildman–Crippen MR) is 97.2 cm³/mol. The highest BCUT2D eigenvalue weighted by Gasteiger charge is 2.17. The van der Waals surface area contributed by atoms with Crippen molar-refractivity contribution in [1.29, 1.82) is 0 Å². The van der Waals surface area contributed by atoms with Crippen LogP contribution in [0.25, 0.3) is 0 Å². The Bertz CT molecular complexity index is 706. The maximum atomic E-state index is 12.6. The highest BCUT2D eigenvalue weighted by molar-refractivity contribution is 6.06. The number of para-hydroxylation sites is 1. The average molecular weight is 327 g/mol. The Morgan fingerprint density at radius 1 is 1.04 bits per heavy atom. The molecule has 0 heterocycles. The number of nitrogens with one attached hydrogen (secondary N) is 1. The van der Waals surface area contributed by atoms with Gasteiger partial charge in [0, 0.05) is 5.69 Å². The maximum absolute atomic E-state index is 12.6. The Balaban J connectivity index is 2.40. The van der Waals surface area contributed by atoms with Crippen LogP contribution in [0, 0.1) is 0 Å². The molecule has 0 radical (unpaired) electrons. The van der Waals surface area contributed by atoms with E-state index in [-0.39, 0.29) is 17.7 Å². The van der Waals surface area contributed by atoms with Gasteiger partial charge in [0.05, 0.1) is 12.7 Å². The van der Waals surface area contributed by atoms with Gasteiger partial charge in [-0.25, -0.2) is 0 Å². The van der Waals surface area contributed by atoms with Crippen LogP contribution in [0.5, 0.6) is 11.5 Å². The van der Waals surface area contributed by atoms with Gasteiger partial charge in [0.15, 0.2) is 0 Å². The van der Waals surface area contributed by atoms with E-state index in [4.69, 9.17) is 4.74 Å². The number of anilines is 1. The van der Waals surface area contributed by atoms with Crippen LogP contribution < -0.4 is 10.1 Å². The summed E-state index contributed by atoms with van der Waals surface area (Å²) >= 11 is 0. The smallest absolute Gasteiger partial charge is 0.259 e. The fourth-order valence-electron chi connectivity index (χ4n) is 2.66. The summed E-state index contributed by atoms with van der Waals surface area (Å²) in [6, 6.07) is 10.8. The molecular weight excluding hydrogens is 302 g/mol. The fourth-order valence-corrected chi connectivity index (χ4v) is 2.66. The van der Waals surface area contributed by atoms with Crippen LogP contribution in [-0.4, -0.2) is 18.1 Å². The lowest BCUT2D eigenvalue weighted by Gasteiger charge is -2.18. The van der Waals surface area contributed by atoms with Crippen LogP contribution in [0.1, 0.15) is 61.0 Å². The highest BCUT2D eigenvalue weighted by Crippen LogP contribution is 2.36. The third-order valence-electron chi connectivity index (χ3n) is 4.02. The number of aromatic hydroxyl groups is 1. The van der Waals surface area contributed by atoms with E-state index in [9.17, 15) is 9.90 Å². The first-order valence-electron chi connectivity index (χ1n) is 8.16. The van der Waals surface area contributed by atoms with Crippen molar-refractivity contribution in [3.8, 4) is 11.5 Å². The molecular formula is C20H25NO3. The van der Waals surface area contributed by atoms with E-state index < -0.39 is 0 Å². The number of hydrogen-bond acceptors (Lipinski definition) is 3. The Kier molecular flexibility index (Phi) is 5.50. The minimum Gasteiger partial charge on any atom is -0.507 e. The number of phenols is 1. The summed E-state index contributed by atoms with van der Waals surface area (Å²) in [5, 5.41) is 13.4. The van der Waals surface area contributed by atoms with Gasteiger partial charge in [0.2, 0.25) is 0 Å². The van der Waals surface area contributed by atoms with Gasteiger partial charge in [-0.15, -0.1) is 0 Å². The molecule has 0 atom stereocenters. The van der Waals surface area contributed by atoms with Gasteiger partial charge in [-0.1, -0.05) is 39.8 Å².